The van der Waals surface area contributed by atoms with Crippen molar-refractivity contribution < 1.29 is 4.79 Å². The van der Waals surface area contributed by atoms with E-state index in [0.717, 1.165) is 22.9 Å². The molecule has 0 spiro atoms. The third kappa shape index (κ3) is 3.05. The van der Waals surface area contributed by atoms with Crippen molar-refractivity contribution in [3.05, 3.63) is 42.1 Å². The van der Waals surface area contributed by atoms with Crippen LogP contribution < -0.4 is 10.6 Å². The van der Waals surface area contributed by atoms with Gasteiger partial charge in [0.2, 0.25) is 5.91 Å². The van der Waals surface area contributed by atoms with Crippen LogP contribution in [0.2, 0.25) is 0 Å². The molecule has 4 nitrogen and oxygen atoms in total. The minimum absolute atomic E-state index is 0.0192. The van der Waals surface area contributed by atoms with E-state index in [2.05, 4.69) is 21.7 Å². The van der Waals surface area contributed by atoms with Crippen molar-refractivity contribution in [1.29, 1.82) is 0 Å². The van der Waals surface area contributed by atoms with Crippen LogP contribution in [0, 0.1) is 0 Å². The van der Waals surface area contributed by atoms with E-state index >= 15 is 0 Å². The Bertz CT molecular complexity index is 534. The van der Waals surface area contributed by atoms with Gasteiger partial charge in [-0.05, 0) is 25.1 Å². The molecule has 0 aliphatic carbocycles. The molecule has 2 N–H and O–H groups in total. The second-order valence-electron chi connectivity index (χ2n) is 4.12. The van der Waals surface area contributed by atoms with E-state index in [4.69, 9.17) is 0 Å². The van der Waals surface area contributed by atoms with Gasteiger partial charge in [-0.15, -0.1) is 0 Å². The Morgan fingerprint density at radius 1 is 1.28 bits per heavy atom. The van der Waals surface area contributed by atoms with Crippen molar-refractivity contribution in [3.63, 3.8) is 0 Å². The summed E-state index contributed by atoms with van der Waals surface area (Å²) < 4.78 is 0. The van der Waals surface area contributed by atoms with E-state index in [-0.39, 0.29) is 5.91 Å². The van der Waals surface area contributed by atoms with Gasteiger partial charge in [0.1, 0.15) is 0 Å². The zero-order chi connectivity index (χ0) is 12.8. The van der Waals surface area contributed by atoms with Crippen LogP contribution in [0.25, 0.3) is 10.9 Å². The molecule has 94 valence electrons. The first-order valence-corrected chi connectivity index (χ1v) is 6.05. The molecule has 4 heteroatoms. The summed E-state index contributed by atoms with van der Waals surface area (Å²) in [5.74, 6) is 0.0192. The number of fused-ring (bicyclic) bond motifs is 1. The summed E-state index contributed by atoms with van der Waals surface area (Å²) >= 11 is 0. The molecule has 0 saturated heterocycles. The Labute approximate surface area is 106 Å². The van der Waals surface area contributed by atoms with Crippen molar-refractivity contribution in [2.45, 2.75) is 6.42 Å². The van der Waals surface area contributed by atoms with Gasteiger partial charge in [-0.2, -0.15) is 0 Å². The lowest BCUT2D eigenvalue weighted by Crippen LogP contribution is -2.33. The van der Waals surface area contributed by atoms with Gasteiger partial charge < -0.3 is 10.6 Å². The standard InChI is InChI=1S/C14H17N3O/c1-15-10-13(18)16-9-7-12-5-2-4-11-6-3-8-17-14(11)12/h2-6,8,15H,7,9-10H2,1H3,(H,16,18). The van der Waals surface area contributed by atoms with E-state index in [9.17, 15) is 4.79 Å². The van der Waals surface area contributed by atoms with Gasteiger partial charge in [0.15, 0.2) is 0 Å². The summed E-state index contributed by atoms with van der Waals surface area (Å²) in [6, 6.07) is 10.1. The molecule has 2 aromatic rings. The molecular weight excluding hydrogens is 226 g/mol. The van der Waals surface area contributed by atoms with Crippen molar-refractivity contribution in [1.82, 2.24) is 15.6 Å². The van der Waals surface area contributed by atoms with Gasteiger partial charge in [-0.3, -0.25) is 9.78 Å². The summed E-state index contributed by atoms with van der Waals surface area (Å²) in [5.41, 5.74) is 2.18. The van der Waals surface area contributed by atoms with Crippen LogP contribution in [0.15, 0.2) is 36.5 Å². The lowest BCUT2D eigenvalue weighted by atomic mass is 10.1. The second kappa shape index (κ2) is 6.12. The van der Waals surface area contributed by atoms with E-state index in [0.29, 0.717) is 13.1 Å². The Balaban J connectivity index is 2.01. The molecule has 0 aliphatic heterocycles. The number of nitrogens with one attached hydrogen (secondary N) is 2. The summed E-state index contributed by atoms with van der Waals surface area (Å²) in [7, 11) is 1.76. The first-order chi connectivity index (χ1) is 8.81. The topological polar surface area (TPSA) is 54.0 Å². The predicted octanol–water partition coefficient (Wildman–Crippen LogP) is 1.11. The fourth-order valence-electron chi connectivity index (χ4n) is 1.93. The number of aromatic nitrogens is 1. The molecule has 0 atom stereocenters. The Morgan fingerprint density at radius 2 is 2.11 bits per heavy atom. The van der Waals surface area contributed by atoms with Crippen LogP contribution in [0.1, 0.15) is 5.56 Å². The predicted molar refractivity (Wildman–Crippen MR) is 72.4 cm³/mol. The molecule has 2 rings (SSSR count). The van der Waals surface area contributed by atoms with Crippen LogP contribution in [0.4, 0.5) is 0 Å². The van der Waals surface area contributed by atoms with E-state index in [1.165, 1.54) is 0 Å². The Hall–Kier alpha value is -1.94. The molecule has 0 aliphatic rings. The van der Waals surface area contributed by atoms with Crippen molar-refractivity contribution in [2.75, 3.05) is 20.1 Å². The average Bonchev–Trinajstić information content (AvgIpc) is 2.39. The van der Waals surface area contributed by atoms with Gasteiger partial charge in [-0.1, -0.05) is 24.3 Å². The highest BCUT2D eigenvalue weighted by molar-refractivity contribution is 5.81. The fourth-order valence-corrected chi connectivity index (χ4v) is 1.93. The maximum Gasteiger partial charge on any atom is 0.233 e. The number of benzene rings is 1. The number of nitrogens with zero attached hydrogens (tertiary/aromatic N) is 1. The zero-order valence-electron chi connectivity index (χ0n) is 10.4. The highest BCUT2D eigenvalue weighted by atomic mass is 16.1. The molecule has 18 heavy (non-hydrogen) atoms. The number of hydrogen-bond acceptors (Lipinski definition) is 3. The smallest absolute Gasteiger partial charge is 0.233 e. The normalized spacial score (nSPS) is 10.5. The Morgan fingerprint density at radius 3 is 2.94 bits per heavy atom. The number of hydrogen-bond donors (Lipinski definition) is 2. The first kappa shape index (κ1) is 12.5. The number of pyridine rings is 1. The number of likely N-dealkylation sites (N-methyl/N-ethyl adjacent to an activating group) is 1. The summed E-state index contributed by atoms with van der Waals surface area (Å²) in [6.07, 6.45) is 2.59. The molecule has 1 aromatic heterocycles. The number of rotatable bonds is 5. The van der Waals surface area contributed by atoms with Crippen molar-refractivity contribution in [2.24, 2.45) is 0 Å². The molecule has 1 amide bonds. The molecule has 1 heterocycles. The fraction of sp³-hybridized carbons (Fsp3) is 0.286. The second-order valence-corrected chi connectivity index (χ2v) is 4.12. The zero-order valence-corrected chi connectivity index (χ0v) is 10.4. The highest BCUT2D eigenvalue weighted by Crippen LogP contribution is 2.15. The number of carbonyl (C=O) groups excluding carboxylic acids is 1. The molecular formula is C14H17N3O. The molecule has 0 radical (unpaired) electrons. The number of carbonyl (C=O) groups is 1. The minimum atomic E-state index is 0.0192. The van der Waals surface area contributed by atoms with E-state index in [1.54, 1.807) is 13.2 Å². The van der Waals surface area contributed by atoms with E-state index < -0.39 is 0 Å². The van der Waals surface area contributed by atoms with Crippen LogP contribution in [0.3, 0.4) is 0 Å². The molecule has 1 aromatic carbocycles. The van der Waals surface area contributed by atoms with Gasteiger partial charge >= 0.3 is 0 Å². The van der Waals surface area contributed by atoms with Crippen molar-refractivity contribution >= 4 is 16.8 Å². The minimum Gasteiger partial charge on any atom is -0.355 e. The summed E-state index contributed by atoms with van der Waals surface area (Å²) in [4.78, 5) is 15.7. The van der Waals surface area contributed by atoms with Crippen LogP contribution in [-0.2, 0) is 11.2 Å². The average molecular weight is 243 g/mol. The Kier molecular flexibility index (Phi) is 4.25. The monoisotopic (exact) mass is 243 g/mol. The third-order valence-electron chi connectivity index (χ3n) is 2.77. The molecule has 0 fully saturated rings. The molecule has 0 saturated carbocycles. The first-order valence-electron chi connectivity index (χ1n) is 6.05. The van der Waals surface area contributed by atoms with Crippen LogP contribution in [0.5, 0.6) is 0 Å². The molecule has 0 bridgehead atoms. The van der Waals surface area contributed by atoms with Crippen molar-refractivity contribution in [3.8, 4) is 0 Å². The van der Waals surface area contributed by atoms with Crippen LogP contribution >= 0.6 is 0 Å². The van der Waals surface area contributed by atoms with Gasteiger partial charge in [-0.25, -0.2) is 0 Å². The van der Waals surface area contributed by atoms with Gasteiger partial charge in [0, 0.05) is 18.1 Å². The molecule has 0 unspecified atom stereocenters. The third-order valence-corrected chi connectivity index (χ3v) is 2.77. The maximum absolute atomic E-state index is 11.3. The SMILES string of the molecule is CNCC(=O)NCCc1cccc2cccnc12. The van der Waals surface area contributed by atoms with E-state index in [1.807, 2.05) is 24.3 Å². The maximum atomic E-state index is 11.3. The van der Waals surface area contributed by atoms with Crippen LogP contribution in [-0.4, -0.2) is 31.0 Å². The quantitative estimate of drug-likeness (QED) is 0.827. The summed E-state index contributed by atoms with van der Waals surface area (Å²) in [5, 5.41) is 6.82. The summed E-state index contributed by atoms with van der Waals surface area (Å²) in [6.45, 7) is 0.990. The van der Waals surface area contributed by atoms with Gasteiger partial charge in [0.25, 0.3) is 0 Å². The number of para-hydroxylation sites is 1. The lowest BCUT2D eigenvalue weighted by molar-refractivity contribution is -0.120. The lowest BCUT2D eigenvalue weighted by Gasteiger charge is -2.07. The largest absolute Gasteiger partial charge is 0.355 e. The van der Waals surface area contributed by atoms with Gasteiger partial charge in [0.05, 0.1) is 12.1 Å². The number of amides is 1. The highest BCUT2D eigenvalue weighted by Gasteiger charge is 2.02.